The molecule has 1 aromatic carbocycles. The van der Waals surface area contributed by atoms with Crippen LogP contribution in [0.2, 0.25) is 0 Å². The summed E-state index contributed by atoms with van der Waals surface area (Å²) in [6.45, 7) is 2.02. The Balaban J connectivity index is 2.12. The number of rotatable bonds is 3. The van der Waals surface area contributed by atoms with E-state index < -0.39 is 0 Å². The number of carbonyl (C=O) groups excluding carboxylic acids is 1. The molecule has 1 heterocycles. The Bertz CT molecular complexity index is 598. The third-order valence-electron chi connectivity index (χ3n) is 2.86. The van der Waals surface area contributed by atoms with Gasteiger partial charge < -0.3 is 0 Å². The molecule has 0 saturated heterocycles. The molecule has 0 fully saturated rings. The van der Waals surface area contributed by atoms with Gasteiger partial charge in [-0.3, -0.25) is 9.69 Å². The highest BCUT2D eigenvalue weighted by atomic mass is 79.9. The van der Waals surface area contributed by atoms with E-state index in [1.165, 1.54) is 0 Å². The SMILES string of the molecule is Cc1cccc(CC(=O)N(C)c2cc(Br)ccn2)c1. The molecule has 0 spiro atoms. The summed E-state index contributed by atoms with van der Waals surface area (Å²) in [6, 6.07) is 11.6. The zero-order chi connectivity index (χ0) is 13.8. The number of hydrogen-bond donors (Lipinski definition) is 0. The maximum atomic E-state index is 12.2. The molecule has 19 heavy (non-hydrogen) atoms. The highest BCUT2D eigenvalue weighted by molar-refractivity contribution is 9.10. The lowest BCUT2D eigenvalue weighted by molar-refractivity contribution is -0.117. The summed E-state index contributed by atoms with van der Waals surface area (Å²) in [7, 11) is 1.74. The van der Waals surface area contributed by atoms with Crippen LogP contribution in [-0.2, 0) is 11.2 Å². The van der Waals surface area contributed by atoms with Gasteiger partial charge in [0.05, 0.1) is 6.42 Å². The number of halogens is 1. The van der Waals surface area contributed by atoms with Crippen molar-refractivity contribution in [3.8, 4) is 0 Å². The minimum atomic E-state index is 0.0243. The van der Waals surface area contributed by atoms with Gasteiger partial charge in [-0.25, -0.2) is 4.98 Å². The van der Waals surface area contributed by atoms with Crippen LogP contribution < -0.4 is 4.90 Å². The van der Waals surface area contributed by atoms with Crippen molar-refractivity contribution in [2.45, 2.75) is 13.3 Å². The Labute approximate surface area is 121 Å². The molecule has 0 radical (unpaired) electrons. The Hall–Kier alpha value is -1.68. The van der Waals surface area contributed by atoms with E-state index in [2.05, 4.69) is 20.9 Å². The fourth-order valence-electron chi connectivity index (χ4n) is 1.82. The fraction of sp³-hybridized carbons (Fsp3) is 0.200. The van der Waals surface area contributed by atoms with Crippen LogP contribution in [0.25, 0.3) is 0 Å². The molecular weight excluding hydrogens is 304 g/mol. The lowest BCUT2D eigenvalue weighted by atomic mass is 10.1. The number of aromatic nitrogens is 1. The van der Waals surface area contributed by atoms with E-state index in [0.717, 1.165) is 15.6 Å². The number of carbonyl (C=O) groups is 1. The number of aryl methyl sites for hydroxylation is 1. The van der Waals surface area contributed by atoms with Crippen LogP contribution in [0.1, 0.15) is 11.1 Å². The van der Waals surface area contributed by atoms with Crippen LogP contribution >= 0.6 is 15.9 Å². The maximum absolute atomic E-state index is 12.2. The molecule has 1 aromatic heterocycles. The van der Waals surface area contributed by atoms with Gasteiger partial charge in [-0.15, -0.1) is 0 Å². The molecular formula is C15H15BrN2O. The lowest BCUT2D eigenvalue weighted by Crippen LogP contribution is -2.28. The Morgan fingerprint density at radius 2 is 2.11 bits per heavy atom. The third-order valence-corrected chi connectivity index (χ3v) is 3.36. The molecule has 0 unspecified atom stereocenters. The minimum Gasteiger partial charge on any atom is -0.300 e. The molecule has 0 aliphatic carbocycles. The van der Waals surface area contributed by atoms with E-state index in [1.807, 2.05) is 43.3 Å². The number of amides is 1. The highest BCUT2D eigenvalue weighted by Gasteiger charge is 2.12. The van der Waals surface area contributed by atoms with Gasteiger partial charge in [0.25, 0.3) is 0 Å². The molecule has 0 N–H and O–H groups in total. The lowest BCUT2D eigenvalue weighted by Gasteiger charge is -2.16. The zero-order valence-electron chi connectivity index (χ0n) is 10.9. The smallest absolute Gasteiger partial charge is 0.232 e. The van der Waals surface area contributed by atoms with E-state index in [4.69, 9.17) is 0 Å². The molecule has 0 aliphatic heterocycles. The van der Waals surface area contributed by atoms with Gasteiger partial charge in [-0.2, -0.15) is 0 Å². The number of benzene rings is 1. The molecule has 0 aliphatic rings. The largest absolute Gasteiger partial charge is 0.300 e. The monoisotopic (exact) mass is 318 g/mol. The van der Waals surface area contributed by atoms with Crippen molar-refractivity contribution in [1.29, 1.82) is 0 Å². The molecule has 4 heteroatoms. The highest BCUT2D eigenvalue weighted by Crippen LogP contribution is 2.17. The Morgan fingerprint density at radius 1 is 1.32 bits per heavy atom. The Morgan fingerprint density at radius 3 is 2.79 bits per heavy atom. The van der Waals surface area contributed by atoms with Gasteiger partial charge >= 0.3 is 0 Å². The topological polar surface area (TPSA) is 33.2 Å². The first-order chi connectivity index (χ1) is 9.06. The van der Waals surface area contributed by atoms with Crippen molar-refractivity contribution in [2.75, 3.05) is 11.9 Å². The zero-order valence-corrected chi connectivity index (χ0v) is 12.5. The number of likely N-dealkylation sites (N-methyl/N-ethyl adjacent to an activating group) is 1. The molecule has 98 valence electrons. The van der Waals surface area contributed by atoms with Crippen LogP contribution in [0, 0.1) is 6.92 Å². The summed E-state index contributed by atoms with van der Waals surface area (Å²) >= 11 is 3.38. The van der Waals surface area contributed by atoms with Gasteiger partial charge in [0, 0.05) is 17.7 Å². The second-order valence-corrected chi connectivity index (χ2v) is 5.37. The van der Waals surface area contributed by atoms with Crippen molar-refractivity contribution in [1.82, 2.24) is 4.98 Å². The van der Waals surface area contributed by atoms with Crippen LogP contribution in [0.3, 0.4) is 0 Å². The van der Waals surface area contributed by atoms with Crippen LogP contribution in [-0.4, -0.2) is 17.9 Å². The van der Waals surface area contributed by atoms with E-state index in [-0.39, 0.29) is 5.91 Å². The number of nitrogens with zero attached hydrogens (tertiary/aromatic N) is 2. The summed E-state index contributed by atoms with van der Waals surface area (Å²) < 4.78 is 0.910. The summed E-state index contributed by atoms with van der Waals surface area (Å²) in [4.78, 5) is 18.0. The predicted molar refractivity (Wildman–Crippen MR) is 80.2 cm³/mol. The van der Waals surface area contributed by atoms with Gasteiger partial charge in [0.1, 0.15) is 5.82 Å². The van der Waals surface area contributed by atoms with Crippen molar-refractivity contribution < 1.29 is 4.79 Å². The Kier molecular flexibility index (Phi) is 4.32. The van der Waals surface area contributed by atoms with Gasteiger partial charge in [-0.05, 0) is 24.6 Å². The summed E-state index contributed by atoms with van der Waals surface area (Å²) in [5.74, 6) is 0.670. The molecule has 1 amide bonds. The maximum Gasteiger partial charge on any atom is 0.232 e. The summed E-state index contributed by atoms with van der Waals surface area (Å²) in [6.07, 6.45) is 2.06. The average Bonchev–Trinajstić information content (AvgIpc) is 2.38. The van der Waals surface area contributed by atoms with Crippen molar-refractivity contribution in [2.24, 2.45) is 0 Å². The molecule has 0 saturated carbocycles. The van der Waals surface area contributed by atoms with E-state index in [1.54, 1.807) is 18.1 Å². The third kappa shape index (κ3) is 3.64. The van der Waals surface area contributed by atoms with Crippen LogP contribution in [0.15, 0.2) is 47.1 Å². The normalized spacial score (nSPS) is 10.3. The number of pyridine rings is 1. The predicted octanol–water partition coefficient (Wildman–Crippen LogP) is 3.36. The number of hydrogen-bond acceptors (Lipinski definition) is 2. The molecule has 0 atom stereocenters. The summed E-state index contributed by atoms with van der Waals surface area (Å²) in [5, 5.41) is 0. The first-order valence-corrected chi connectivity index (χ1v) is 6.79. The van der Waals surface area contributed by atoms with E-state index in [0.29, 0.717) is 12.2 Å². The van der Waals surface area contributed by atoms with Gasteiger partial charge in [0.2, 0.25) is 5.91 Å². The first kappa shape index (κ1) is 13.7. The van der Waals surface area contributed by atoms with Crippen LogP contribution in [0.5, 0.6) is 0 Å². The summed E-state index contributed by atoms with van der Waals surface area (Å²) in [5.41, 5.74) is 2.18. The fourth-order valence-corrected chi connectivity index (χ4v) is 2.14. The molecule has 2 rings (SSSR count). The van der Waals surface area contributed by atoms with Gasteiger partial charge in [0.15, 0.2) is 0 Å². The molecule has 3 nitrogen and oxygen atoms in total. The second kappa shape index (κ2) is 5.97. The average molecular weight is 319 g/mol. The standard InChI is InChI=1S/C15H15BrN2O/c1-11-4-3-5-12(8-11)9-15(19)18(2)14-10-13(16)6-7-17-14/h3-8,10H,9H2,1-2H3. The van der Waals surface area contributed by atoms with Crippen molar-refractivity contribution in [3.63, 3.8) is 0 Å². The second-order valence-electron chi connectivity index (χ2n) is 4.45. The minimum absolute atomic E-state index is 0.0243. The van der Waals surface area contributed by atoms with Crippen LogP contribution in [0.4, 0.5) is 5.82 Å². The quantitative estimate of drug-likeness (QED) is 0.869. The van der Waals surface area contributed by atoms with Crippen molar-refractivity contribution >= 4 is 27.7 Å². The van der Waals surface area contributed by atoms with Gasteiger partial charge in [-0.1, -0.05) is 45.8 Å². The molecule has 2 aromatic rings. The van der Waals surface area contributed by atoms with Crippen molar-refractivity contribution in [3.05, 3.63) is 58.2 Å². The first-order valence-electron chi connectivity index (χ1n) is 6.00. The van der Waals surface area contributed by atoms with E-state index in [9.17, 15) is 4.79 Å². The van der Waals surface area contributed by atoms with E-state index >= 15 is 0 Å². The number of anilines is 1. The molecule has 0 bridgehead atoms.